The van der Waals surface area contributed by atoms with E-state index in [9.17, 15) is 4.79 Å². The highest BCUT2D eigenvalue weighted by Gasteiger charge is 2.12. The Labute approximate surface area is 115 Å². The van der Waals surface area contributed by atoms with Gasteiger partial charge in [0, 0.05) is 18.8 Å². The van der Waals surface area contributed by atoms with E-state index in [0.717, 1.165) is 0 Å². The number of nitrogens with zero attached hydrogens (tertiary/aromatic N) is 2. The van der Waals surface area contributed by atoms with Gasteiger partial charge >= 0.3 is 0 Å². The zero-order valence-electron chi connectivity index (χ0n) is 10.3. The molecule has 2 N–H and O–H groups in total. The van der Waals surface area contributed by atoms with Gasteiger partial charge in [0.05, 0.1) is 23.3 Å². The number of carbonyl (C=O) groups excluding carboxylic acids is 1. The van der Waals surface area contributed by atoms with E-state index in [1.807, 2.05) is 6.92 Å². The van der Waals surface area contributed by atoms with Crippen molar-refractivity contribution in [2.45, 2.75) is 13.5 Å². The van der Waals surface area contributed by atoms with Gasteiger partial charge in [-0.25, -0.2) is 4.98 Å². The second-order valence-corrected chi connectivity index (χ2v) is 4.15. The molecule has 0 radical (unpaired) electrons. The van der Waals surface area contributed by atoms with Crippen LogP contribution in [0.3, 0.4) is 0 Å². The monoisotopic (exact) mass is 280 g/mol. The summed E-state index contributed by atoms with van der Waals surface area (Å²) in [4.78, 5) is 16.1. The molecule has 0 bridgehead atoms. The summed E-state index contributed by atoms with van der Waals surface area (Å²) in [5, 5.41) is 9.58. The molecule has 0 aliphatic rings. The minimum Gasteiger partial charge on any atom is -0.370 e. The van der Waals surface area contributed by atoms with Crippen molar-refractivity contribution < 1.29 is 9.32 Å². The average molecular weight is 281 g/mol. The first-order valence-corrected chi connectivity index (χ1v) is 6.15. The lowest BCUT2D eigenvalue weighted by molar-refractivity contribution is 0.0947. The molecule has 0 spiro atoms. The van der Waals surface area contributed by atoms with Crippen molar-refractivity contribution in [2.75, 3.05) is 11.9 Å². The van der Waals surface area contributed by atoms with Gasteiger partial charge in [-0.2, -0.15) is 0 Å². The van der Waals surface area contributed by atoms with Crippen molar-refractivity contribution >= 4 is 23.3 Å². The fraction of sp³-hybridized carbons (Fsp3) is 0.250. The van der Waals surface area contributed by atoms with Crippen LogP contribution in [0.4, 0.5) is 5.82 Å². The highest BCUT2D eigenvalue weighted by Crippen LogP contribution is 2.18. The molecule has 1 amide bonds. The predicted octanol–water partition coefficient (Wildman–Crippen LogP) is 2.08. The highest BCUT2D eigenvalue weighted by molar-refractivity contribution is 6.33. The highest BCUT2D eigenvalue weighted by atomic mass is 35.5. The van der Waals surface area contributed by atoms with Crippen LogP contribution < -0.4 is 10.6 Å². The van der Waals surface area contributed by atoms with Crippen LogP contribution in [0, 0.1) is 0 Å². The maximum Gasteiger partial charge on any atom is 0.253 e. The van der Waals surface area contributed by atoms with Gasteiger partial charge in [0.25, 0.3) is 5.91 Å². The molecule has 100 valence electrons. The Morgan fingerprint density at radius 1 is 1.53 bits per heavy atom. The van der Waals surface area contributed by atoms with Crippen LogP contribution in [0.25, 0.3) is 0 Å². The lowest BCUT2D eigenvalue weighted by Gasteiger charge is -2.07. The van der Waals surface area contributed by atoms with Gasteiger partial charge < -0.3 is 15.2 Å². The first-order chi connectivity index (χ1) is 9.20. The van der Waals surface area contributed by atoms with Gasteiger partial charge in [-0.1, -0.05) is 16.8 Å². The molecular formula is C12H13ClN4O2. The third-order valence-corrected chi connectivity index (χ3v) is 2.67. The van der Waals surface area contributed by atoms with Gasteiger partial charge in [0.1, 0.15) is 5.82 Å². The Kier molecular flexibility index (Phi) is 4.35. The third kappa shape index (κ3) is 3.45. The second kappa shape index (κ2) is 6.19. The van der Waals surface area contributed by atoms with E-state index < -0.39 is 0 Å². The van der Waals surface area contributed by atoms with Crippen LogP contribution in [0.2, 0.25) is 5.02 Å². The van der Waals surface area contributed by atoms with Crippen LogP contribution in [-0.4, -0.2) is 22.6 Å². The van der Waals surface area contributed by atoms with Crippen LogP contribution >= 0.6 is 11.6 Å². The minimum absolute atomic E-state index is 0.258. The standard InChI is InChI=1S/C12H13ClN4O2/c1-2-14-11-5-9(10(13)7-15-11)12(18)16-6-8-3-4-17-19-8/h3-5,7H,2,6H2,1H3,(H,14,15)(H,16,18). The molecule has 0 saturated heterocycles. The molecule has 0 unspecified atom stereocenters. The summed E-state index contributed by atoms with van der Waals surface area (Å²) in [6.07, 6.45) is 2.97. The number of aromatic nitrogens is 2. The lowest BCUT2D eigenvalue weighted by Crippen LogP contribution is -2.23. The first kappa shape index (κ1) is 13.4. The van der Waals surface area contributed by atoms with E-state index in [4.69, 9.17) is 16.1 Å². The summed E-state index contributed by atoms with van der Waals surface area (Å²) in [5.74, 6) is 0.894. The SMILES string of the molecule is CCNc1cc(C(=O)NCc2ccno2)c(Cl)cn1. The van der Waals surface area contributed by atoms with Crippen molar-refractivity contribution in [3.05, 3.63) is 40.9 Å². The zero-order valence-corrected chi connectivity index (χ0v) is 11.1. The molecule has 7 heteroatoms. The number of pyridine rings is 1. The average Bonchev–Trinajstić information content (AvgIpc) is 2.92. The van der Waals surface area contributed by atoms with E-state index in [1.165, 1.54) is 12.4 Å². The van der Waals surface area contributed by atoms with E-state index in [2.05, 4.69) is 20.8 Å². The number of rotatable bonds is 5. The summed E-state index contributed by atoms with van der Waals surface area (Å²) in [5.41, 5.74) is 0.368. The smallest absolute Gasteiger partial charge is 0.253 e. The van der Waals surface area contributed by atoms with Crippen LogP contribution in [0.1, 0.15) is 23.0 Å². The Morgan fingerprint density at radius 3 is 3.05 bits per heavy atom. The third-order valence-electron chi connectivity index (χ3n) is 2.37. The maximum absolute atomic E-state index is 12.0. The fourth-order valence-electron chi connectivity index (χ4n) is 1.49. The molecule has 0 aliphatic carbocycles. The first-order valence-electron chi connectivity index (χ1n) is 5.78. The summed E-state index contributed by atoms with van der Waals surface area (Å²) >= 11 is 5.96. The minimum atomic E-state index is -0.289. The van der Waals surface area contributed by atoms with E-state index in [1.54, 1.807) is 12.1 Å². The number of hydrogen-bond donors (Lipinski definition) is 2. The van der Waals surface area contributed by atoms with Gasteiger partial charge in [0.2, 0.25) is 0 Å². The quantitative estimate of drug-likeness (QED) is 0.876. The molecule has 0 saturated carbocycles. The molecule has 6 nitrogen and oxygen atoms in total. The lowest BCUT2D eigenvalue weighted by atomic mass is 10.2. The number of halogens is 1. The summed E-state index contributed by atoms with van der Waals surface area (Å²) < 4.78 is 4.89. The summed E-state index contributed by atoms with van der Waals surface area (Å²) in [6, 6.07) is 3.29. The van der Waals surface area contributed by atoms with Crippen molar-refractivity contribution in [2.24, 2.45) is 0 Å². The number of anilines is 1. The van der Waals surface area contributed by atoms with E-state index in [-0.39, 0.29) is 12.5 Å². The topological polar surface area (TPSA) is 80.0 Å². The predicted molar refractivity (Wildman–Crippen MR) is 71.1 cm³/mol. The maximum atomic E-state index is 12.0. The van der Waals surface area contributed by atoms with Crippen LogP contribution in [-0.2, 0) is 6.54 Å². The van der Waals surface area contributed by atoms with Crippen LogP contribution in [0.15, 0.2) is 29.0 Å². The molecule has 0 atom stereocenters. The molecule has 2 heterocycles. The molecule has 0 aromatic carbocycles. The second-order valence-electron chi connectivity index (χ2n) is 3.74. The summed E-state index contributed by atoms with van der Waals surface area (Å²) in [6.45, 7) is 2.92. The zero-order chi connectivity index (χ0) is 13.7. The largest absolute Gasteiger partial charge is 0.370 e. The normalized spacial score (nSPS) is 10.2. The fourth-order valence-corrected chi connectivity index (χ4v) is 1.68. The molecule has 0 fully saturated rings. The van der Waals surface area contributed by atoms with E-state index in [0.29, 0.717) is 28.7 Å². The van der Waals surface area contributed by atoms with Crippen molar-refractivity contribution in [1.29, 1.82) is 0 Å². The molecule has 0 aliphatic heterocycles. The van der Waals surface area contributed by atoms with Crippen molar-refractivity contribution in [3.8, 4) is 0 Å². The molecule has 19 heavy (non-hydrogen) atoms. The molecule has 2 aromatic rings. The Morgan fingerprint density at radius 2 is 2.37 bits per heavy atom. The Bertz CT molecular complexity index is 557. The van der Waals surface area contributed by atoms with Gasteiger partial charge in [-0.3, -0.25) is 4.79 Å². The molecule has 2 aromatic heterocycles. The molecular weight excluding hydrogens is 268 g/mol. The summed E-state index contributed by atoms with van der Waals surface area (Å²) in [7, 11) is 0. The van der Waals surface area contributed by atoms with Gasteiger partial charge in [0.15, 0.2) is 5.76 Å². The number of carbonyl (C=O) groups is 1. The number of hydrogen-bond acceptors (Lipinski definition) is 5. The van der Waals surface area contributed by atoms with E-state index >= 15 is 0 Å². The number of nitrogens with one attached hydrogen (secondary N) is 2. The van der Waals surface area contributed by atoms with Crippen molar-refractivity contribution in [3.63, 3.8) is 0 Å². The Balaban J connectivity index is 2.07. The van der Waals surface area contributed by atoms with Crippen LogP contribution in [0.5, 0.6) is 0 Å². The number of amides is 1. The van der Waals surface area contributed by atoms with Gasteiger partial charge in [-0.05, 0) is 13.0 Å². The van der Waals surface area contributed by atoms with Crippen molar-refractivity contribution in [1.82, 2.24) is 15.5 Å². The van der Waals surface area contributed by atoms with Gasteiger partial charge in [-0.15, -0.1) is 0 Å². The molecule has 2 rings (SSSR count). The Hall–Kier alpha value is -2.08.